The number of para-hydroxylation sites is 1. The van der Waals surface area contributed by atoms with Crippen LogP contribution >= 0.6 is 11.6 Å². The molecule has 8 nitrogen and oxygen atoms in total. The van der Waals surface area contributed by atoms with Crippen molar-refractivity contribution in [2.45, 2.75) is 4.90 Å². The van der Waals surface area contributed by atoms with Crippen LogP contribution in [0.4, 0.5) is 10.1 Å². The van der Waals surface area contributed by atoms with Gasteiger partial charge >= 0.3 is 0 Å². The van der Waals surface area contributed by atoms with Crippen LogP contribution in [-0.4, -0.2) is 64.4 Å². The molecule has 0 aromatic heterocycles. The Morgan fingerprint density at radius 3 is 2.27 bits per heavy atom. The van der Waals surface area contributed by atoms with E-state index >= 15 is 0 Å². The van der Waals surface area contributed by atoms with Gasteiger partial charge in [0.2, 0.25) is 20.0 Å². The molecule has 1 aliphatic heterocycles. The number of amides is 1. The van der Waals surface area contributed by atoms with Gasteiger partial charge in [-0.1, -0.05) is 23.7 Å². The van der Waals surface area contributed by atoms with E-state index in [0.29, 0.717) is 0 Å². The minimum absolute atomic E-state index is 0.0325. The molecule has 1 fully saturated rings. The molecule has 30 heavy (non-hydrogen) atoms. The molecule has 162 valence electrons. The van der Waals surface area contributed by atoms with E-state index < -0.39 is 31.8 Å². The SMILES string of the molecule is CS(=O)(=O)Nc1ccccc1C(=O)N1CCN(S(=O)(=O)c2ccc(F)c(Cl)c2)CC1. The number of piperazine rings is 1. The van der Waals surface area contributed by atoms with Gasteiger partial charge in [0.1, 0.15) is 5.82 Å². The fraction of sp³-hybridized carbons (Fsp3) is 0.278. The lowest BCUT2D eigenvalue weighted by Crippen LogP contribution is -2.50. The van der Waals surface area contributed by atoms with Crippen LogP contribution in [0.5, 0.6) is 0 Å². The molecule has 1 saturated heterocycles. The van der Waals surface area contributed by atoms with Gasteiger partial charge in [0, 0.05) is 26.2 Å². The van der Waals surface area contributed by atoms with E-state index in [2.05, 4.69) is 4.72 Å². The number of hydrogen-bond donors (Lipinski definition) is 1. The van der Waals surface area contributed by atoms with Crippen LogP contribution in [0.3, 0.4) is 0 Å². The van der Waals surface area contributed by atoms with Crippen molar-refractivity contribution >= 4 is 43.2 Å². The summed E-state index contributed by atoms with van der Waals surface area (Å²) in [7, 11) is -7.47. The Morgan fingerprint density at radius 1 is 1.03 bits per heavy atom. The van der Waals surface area contributed by atoms with E-state index in [0.717, 1.165) is 24.5 Å². The molecule has 0 radical (unpaired) electrons. The minimum atomic E-state index is -3.89. The second kappa shape index (κ2) is 8.50. The number of nitrogens with one attached hydrogen (secondary N) is 1. The average Bonchev–Trinajstić information content (AvgIpc) is 2.69. The largest absolute Gasteiger partial charge is 0.336 e. The van der Waals surface area contributed by atoms with Crippen LogP contribution in [0.1, 0.15) is 10.4 Å². The molecule has 12 heteroatoms. The summed E-state index contributed by atoms with van der Waals surface area (Å²) in [5.74, 6) is -1.13. The summed E-state index contributed by atoms with van der Waals surface area (Å²) in [6.07, 6.45) is 0.986. The maximum absolute atomic E-state index is 13.3. The first-order chi connectivity index (χ1) is 14.0. The van der Waals surface area contributed by atoms with Gasteiger partial charge in [-0.3, -0.25) is 9.52 Å². The Hall–Kier alpha value is -2.21. The lowest BCUT2D eigenvalue weighted by Gasteiger charge is -2.34. The summed E-state index contributed by atoms with van der Waals surface area (Å²) >= 11 is 5.69. The van der Waals surface area contributed by atoms with Crippen molar-refractivity contribution in [1.29, 1.82) is 0 Å². The van der Waals surface area contributed by atoms with Gasteiger partial charge in [-0.25, -0.2) is 21.2 Å². The first kappa shape index (κ1) is 22.5. The molecule has 0 unspecified atom stereocenters. The van der Waals surface area contributed by atoms with Crippen molar-refractivity contribution in [2.24, 2.45) is 0 Å². The highest BCUT2D eigenvalue weighted by Gasteiger charge is 2.31. The Balaban J connectivity index is 1.74. The summed E-state index contributed by atoms with van der Waals surface area (Å²) in [5, 5.41) is -0.292. The lowest BCUT2D eigenvalue weighted by atomic mass is 10.1. The van der Waals surface area contributed by atoms with Crippen molar-refractivity contribution in [3.8, 4) is 0 Å². The van der Waals surface area contributed by atoms with Crippen molar-refractivity contribution in [2.75, 3.05) is 37.2 Å². The van der Waals surface area contributed by atoms with Crippen molar-refractivity contribution in [3.05, 3.63) is 58.9 Å². The molecule has 0 aliphatic carbocycles. The Morgan fingerprint density at radius 2 is 1.67 bits per heavy atom. The number of anilines is 1. The standard InChI is InChI=1S/C18H19ClFN3O5S2/c1-29(25,26)21-17-5-3-2-4-14(17)18(24)22-8-10-23(11-9-22)30(27,28)13-6-7-16(20)15(19)12-13/h2-7,12,21H,8-11H2,1H3. The summed E-state index contributed by atoms with van der Waals surface area (Å²) in [4.78, 5) is 14.2. The predicted molar refractivity (Wildman–Crippen MR) is 111 cm³/mol. The predicted octanol–water partition coefficient (Wildman–Crippen LogP) is 2.00. The fourth-order valence-corrected chi connectivity index (χ4v) is 5.32. The molecule has 0 saturated carbocycles. The Bertz CT molecular complexity index is 1180. The monoisotopic (exact) mass is 475 g/mol. The number of carbonyl (C=O) groups is 1. The van der Waals surface area contributed by atoms with E-state index in [1.807, 2.05) is 0 Å². The summed E-state index contributed by atoms with van der Waals surface area (Å²) in [5.41, 5.74) is 0.325. The van der Waals surface area contributed by atoms with Crippen molar-refractivity contribution < 1.29 is 26.0 Å². The molecule has 1 aliphatic rings. The van der Waals surface area contributed by atoms with Crippen LogP contribution in [0.25, 0.3) is 0 Å². The van der Waals surface area contributed by atoms with Crippen LogP contribution in [-0.2, 0) is 20.0 Å². The van der Waals surface area contributed by atoms with E-state index in [4.69, 9.17) is 11.6 Å². The average molecular weight is 476 g/mol. The molecule has 0 bridgehead atoms. The van der Waals surface area contributed by atoms with Crippen LogP contribution in [0.2, 0.25) is 5.02 Å². The summed E-state index contributed by atoms with van der Waals surface area (Å²) in [6, 6.07) is 9.37. The molecule has 1 amide bonds. The molecule has 2 aromatic rings. The van der Waals surface area contributed by atoms with Crippen molar-refractivity contribution in [3.63, 3.8) is 0 Å². The molecule has 3 rings (SSSR count). The van der Waals surface area contributed by atoms with Crippen LogP contribution in [0, 0.1) is 5.82 Å². The third kappa shape index (κ3) is 4.91. The molecular formula is C18H19ClFN3O5S2. The van der Waals surface area contributed by atoms with Crippen LogP contribution in [0.15, 0.2) is 47.4 Å². The highest BCUT2D eigenvalue weighted by Crippen LogP contribution is 2.24. The summed E-state index contributed by atoms with van der Waals surface area (Å²) in [6.45, 7) is 0.288. The third-order valence-corrected chi connectivity index (χ3v) is 7.28. The van der Waals surface area contributed by atoms with Gasteiger partial charge in [-0.05, 0) is 30.3 Å². The number of hydrogen-bond acceptors (Lipinski definition) is 5. The molecule has 0 spiro atoms. The van der Waals surface area contributed by atoms with Crippen LogP contribution < -0.4 is 4.72 Å². The van der Waals surface area contributed by atoms with E-state index in [9.17, 15) is 26.0 Å². The second-order valence-electron chi connectivity index (χ2n) is 6.69. The van der Waals surface area contributed by atoms with Gasteiger partial charge in [-0.15, -0.1) is 0 Å². The second-order valence-corrected chi connectivity index (χ2v) is 10.8. The van der Waals surface area contributed by atoms with E-state index in [1.54, 1.807) is 12.1 Å². The molecule has 2 aromatic carbocycles. The van der Waals surface area contributed by atoms with Gasteiger partial charge in [0.05, 0.1) is 27.4 Å². The first-order valence-electron chi connectivity index (χ1n) is 8.80. The molecule has 0 atom stereocenters. The Labute approximate surface area is 179 Å². The number of sulfonamides is 2. The van der Waals surface area contributed by atoms with Gasteiger partial charge in [0.25, 0.3) is 5.91 Å². The molecular weight excluding hydrogens is 457 g/mol. The topological polar surface area (TPSA) is 104 Å². The quantitative estimate of drug-likeness (QED) is 0.712. The van der Waals surface area contributed by atoms with Gasteiger partial charge in [0.15, 0.2) is 0 Å². The fourth-order valence-electron chi connectivity index (χ4n) is 3.05. The maximum Gasteiger partial charge on any atom is 0.256 e. The zero-order chi connectivity index (χ0) is 22.1. The number of benzene rings is 2. The number of rotatable bonds is 5. The smallest absolute Gasteiger partial charge is 0.256 e. The number of halogens is 2. The van der Waals surface area contributed by atoms with E-state index in [1.165, 1.54) is 21.3 Å². The van der Waals surface area contributed by atoms with E-state index in [-0.39, 0.29) is 47.3 Å². The van der Waals surface area contributed by atoms with Crippen molar-refractivity contribution in [1.82, 2.24) is 9.21 Å². The Kier molecular flexibility index (Phi) is 6.37. The summed E-state index contributed by atoms with van der Waals surface area (Å²) < 4.78 is 65.5. The lowest BCUT2D eigenvalue weighted by molar-refractivity contribution is 0.0699. The van der Waals surface area contributed by atoms with Gasteiger partial charge in [-0.2, -0.15) is 4.31 Å². The number of carbonyl (C=O) groups excluding carboxylic acids is 1. The minimum Gasteiger partial charge on any atom is -0.336 e. The zero-order valence-electron chi connectivity index (χ0n) is 15.9. The zero-order valence-corrected chi connectivity index (χ0v) is 18.3. The molecule has 1 N–H and O–H groups in total. The normalized spacial score (nSPS) is 15.8. The molecule has 1 heterocycles. The first-order valence-corrected chi connectivity index (χ1v) is 12.5. The van der Waals surface area contributed by atoms with Gasteiger partial charge < -0.3 is 4.90 Å². The third-order valence-electron chi connectivity index (χ3n) is 4.51. The number of nitrogens with zero attached hydrogens (tertiary/aromatic N) is 2. The highest BCUT2D eigenvalue weighted by atomic mass is 35.5. The highest BCUT2D eigenvalue weighted by molar-refractivity contribution is 7.92. The maximum atomic E-state index is 13.3.